The quantitative estimate of drug-likeness (QED) is 0.135. The Kier molecular flexibility index (Phi) is 8.84. The zero-order valence-corrected chi connectivity index (χ0v) is 20.4. The fraction of sp³-hybridized carbons (Fsp3) is 0.0833. The zero-order chi connectivity index (χ0) is 27.8. The summed E-state index contributed by atoms with van der Waals surface area (Å²) in [4.78, 5) is 70.9. The summed E-state index contributed by atoms with van der Waals surface area (Å²) >= 11 is 1.15. The molecule has 0 aliphatic rings. The van der Waals surface area contributed by atoms with Crippen molar-refractivity contribution in [3.63, 3.8) is 0 Å². The van der Waals surface area contributed by atoms with Crippen molar-refractivity contribution in [2.75, 3.05) is 12.9 Å². The van der Waals surface area contributed by atoms with Crippen LogP contribution in [-0.2, 0) is 9.53 Å². The van der Waals surface area contributed by atoms with E-state index in [9.17, 15) is 39.4 Å². The molecule has 13 nitrogen and oxygen atoms in total. The van der Waals surface area contributed by atoms with Crippen molar-refractivity contribution in [3.8, 4) is 0 Å². The van der Waals surface area contributed by atoms with Gasteiger partial charge in [-0.05, 0) is 36.6 Å². The minimum absolute atomic E-state index is 0.0125. The van der Waals surface area contributed by atoms with Crippen molar-refractivity contribution in [3.05, 3.63) is 109 Å². The van der Waals surface area contributed by atoms with Crippen molar-refractivity contribution in [1.29, 1.82) is 0 Å². The molecule has 0 saturated heterocycles. The second-order valence-corrected chi connectivity index (χ2v) is 8.25. The van der Waals surface area contributed by atoms with Crippen LogP contribution in [0.4, 0.5) is 11.4 Å². The molecule has 2 N–H and O–H groups in total. The maximum atomic E-state index is 13.1. The minimum atomic E-state index is -1.01. The molecule has 14 heteroatoms. The molecule has 3 aromatic carbocycles. The van der Waals surface area contributed by atoms with Crippen molar-refractivity contribution in [2.45, 2.75) is 4.90 Å². The van der Waals surface area contributed by atoms with Gasteiger partial charge in [-0.1, -0.05) is 18.2 Å². The number of ketones is 1. The predicted octanol–water partition coefficient (Wildman–Crippen LogP) is 3.07. The number of non-ortho nitro benzene ring substituents is 1. The molecule has 3 aromatic rings. The Morgan fingerprint density at radius 3 is 2.08 bits per heavy atom. The lowest BCUT2D eigenvalue weighted by molar-refractivity contribution is -0.387. The molecule has 0 saturated carbocycles. The molecule has 0 unspecified atom stereocenters. The normalized spacial score (nSPS) is 10.2. The number of hydrogen-bond acceptors (Lipinski definition) is 10. The summed E-state index contributed by atoms with van der Waals surface area (Å²) in [6, 6.07) is 14.2. The molecular weight excluding hydrogens is 520 g/mol. The van der Waals surface area contributed by atoms with Crippen molar-refractivity contribution < 1.29 is 33.8 Å². The van der Waals surface area contributed by atoms with E-state index in [1.807, 2.05) is 5.43 Å². The van der Waals surface area contributed by atoms with Crippen LogP contribution in [0, 0.1) is 20.2 Å². The van der Waals surface area contributed by atoms with Crippen LogP contribution in [0.2, 0.25) is 0 Å². The molecule has 0 aromatic heterocycles. The molecule has 3 rings (SSSR count). The van der Waals surface area contributed by atoms with Crippen LogP contribution < -0.4 is 10.9 Å². The molecule has 0 heterocycles. The number of carbonyl (C=O) groups is 4. The topological polar surface area (TPSA) is 188 Å². The number of benzene rings is 3. The summed E-state index contributed by atoms with van der Waals surface area (Å²) in [5.41, 5.74) is 3.40. The Morgan fingerprint density at radius 1 is 0.842 bits per heavy atom. The first-order valence-electron chi connectivity index (χ1n) is 10.6. The van der Waals surface area contributed by atoms with Gasteiger partial charge in [-0.3, -0.25) is 45.5 Å². The Morgan fingerprint density at radius 2 is 1.47 bits per heavy atom. The van der Waals surface area contributed by atoms with Crippen LogP contribution in [0.15, 0.2) is 71.6 Å². The number of thioether (sulfide) groups is 1. The molecule has 0 fully saturated rings. The fourth-order valence-electron chi connectivity index (χ4n) is 3.17. The van der Waals surface area contributed by atoms with E-state index in [2.05, 4.69) is 5.43 Å². The number of hydrazine groups is 1. The van der Waals surface area contributed by atoms with E-state index >= 15 is 0 Å². The van der Waals surface area contributed by atoms with Crippen LogP contribution in [-0.4, -0.2) is 46.3 Å². The Labute approximate surface area is 218 Å². The van der Waals surface area contributed by atoms with Crippen LogP contribution >= 0.6 is 11.8 Å². The Bertz CT molecular complexity index is 1440. The van der Waals surface area contributed by atoms with Gasteiger partial charge in [0.05, 0.1) is 20.3 Å². The lowest BCUT2D eigenvalue weighted by atomic mass is 9.98. The minimum Gasteiger partial charge on any atom is -0.452 e. The number of rotatable bonds is 9. The third-order valence-electron chi connectivity index (χ3n) is 5.02. The first-order valence-corrected chi connectivity index (χ1v) is 11.8. The summed E-state index contributed by atoms with van der Waals surface area (Å²) in [6.45, 7) is -0.810. The molecule has 194 valence electrons. The monoisotopic (exact) mass is 538 g/mol. The largest absolute Gasteiger partial charge is 0.452 e. The standard InChI is InChI=1S/C24H18N4O9S/c1-38-20-11-8-15(12-19(20)28(35)36)22(30)17-4-2-3-5-18(17)24(32)37-13-21(29)25-26-23(31)14-6-9-16(10-7-14)27(33)34/h2-12H,13H2,1H3,(H,25,29)(H,26,31). The number of hydrogen-bond donors (Lipinski definition) is 2. The fourth-order valence-corrected chi connectivity index (χ4v) is 3.71. The van der Waals surface area contributed by atoms with E-state index in [1.54, 1.807) is 6.26 Å². The molecule has 2 amide bonds. The molecular formula is C24H18N4O9S. The number of carbonyl (C=O) groups excluding carboxylic acids is 4. The van der Waals surface area contributed by atoms with Crippen molar-refractivity contribution in [2.24, 2.45) is 0 Å². The third-order valence-corrected chi connectivity index (χ3v) is 5.80. The Hall–Kier alpha value is -5.11. The highest BCUT2D eigenvalue weighted by molar-refractivity contribution is 7.98. The van der Waals surface area contributed by atoms with Gasteiger partial charge >= 0.3 is 5.97 Å². The van der Waals surface area contributed by atoms with Gasteiger partial charge in [0.25, 0.3) is 23.2 Å². The van der Waals surface area contributed by atoms with Gasteiger partial charge in [-0.25, -0.2) is 4.79 Å². The number of nitro groups is 2. The third kappa shape index (κ3) is 6.55. The summed E-state index contributed by atoms with van der Waals surface area (Å²) < 4.78 is 4.95. The zero-order valence-electron chi connectivity index (χ0n) is 19.5. The van der Waals surface area contributed by atoms with Gasteiger partial charge in [0.1, 0.15) is 0 Å². The summed E-state index contributed by atoms with van der Waals surface area (Å²) in [5.74, 6) is -3.34. The number of nitrogens with zero attached hydrogens (tertiary/aromatic N) is 2. The van der Waals surface area contributed by atoms with Crippen molar-refractivity contribution >= 4 is 46.7 Å². The SMILES string of the molecule is CSc1ccc(C(=O)c2ccccc2C(=O)OCC(=O)NNC(=O)c2ccc([N+](=O)[O-])cc2)cc1[N+](=O)[O-]. The average Bonchev–Trinajstić information content (AvgIpc) is 2.93. The molecule has 0 bridgehead atoms. The number of nitro benzene ring substituents is 2. The van der Waals surface area contributed by atoms with E-state index in [-0.39, 0.29) is 33.6 Å². The van der Waals surface area contributed by atoms with Crippen LogP contribution in [0.1, 0.15) is 36.6 Å². The van der Waals surface area contributed by atoms with E-state index < -0.39 is 40.0 Å². The molecule has 0 aliphatic carbocycles. The van der Waals surface area contributed by atoms with Crippen LogP contribution in [0.3, 0.4) is 0 Å². The van der Waals surface area contributed by atoms with E-state index in [4.69, 9.17) is 4.74 Å². The molecule has 0 radical (unpaired) electrons. The molecule has 38 heavy (non-hydrogen) atoms. The Balaban J connectivity index is 1.63. The lowest BCUT2D eigenvalue weighted by Crippen LogP contribution is -2.43. The molecule has 0 spiro atoms. The maximum absolute atomic E-state index is 13.1. The smallest absolute Gasteiger partial charge is 0.339 e. The molecule has 0 atom stereocenters. The maximum Gasteiger partial charge on any atom is 0.339 e. The van der Waals surface area contributed by atoms with Crippen LogP contribution in [0.5, 0.6) is 0 Å². The number of ether oxygens (including phenoxy) is 1. The average molecular weight is 538 g/mol. The summed E-state index contributed by atoms with van der Waals surface area (Å²) in [5, 5.41) is 22.0. The highest BCUT2D eigenvalue weighted by Crippen LogP contribution is 2.29. The molecule has 0 aliphatic heterocycles. The second kappa shape index (κ2) is 12.2. The van der Waals surface area contributed by atoms with Crippen molar-refractivity contribution in [1.82, 2.24) is 10.9 Å². The first-order chi connectivity index (χ1) is 18.1. The number of amides is 2. The first kappa shape index (κ1) is 27.5. The highest BCUT2D eigenvalue weighted by Gasteiger charge is 2.23. The van der Waals surface area contributed by atoms with Gasteiger partial charge in [-0.15, -0.1) is 11.8 Å². The summed E-state index contributed by atoms with van der Waals surface area (Å²) in [7, 11) is 0. The second-order valence-electron chi connectivity index (χ2n) is 7.40. The lowest BCUT2D eigenvalue weighted by Gasteiger charge is -2.10. The van der Waals surface area contributed by atoms with E-state index in [0.29, 0.717) is 4.90 Å². The van der Waals surface area contributed by atoms with Gasteiger partial charge in [0.15, 0.2) is 12.4 Å². The predicted molar refractivity (Wildman–Crippen MR) is 134 cm³/mol. The van der Waals surface area contributed by atoms with Gasteiger partial charge in [-0.2, -0.15) is 0 Å². The number of esters is 1. The number of nitrogens with one attached hydrogen (secondary N) is 2. The van der Waals surface area contributed by atoms with E-state index in [0.717, 1.165) is 30.0 Å². The highest BCUT2D eigenvalue weighted by atomic mass is 32.2. The van der Waals surface area contributed by atoms with E-state index in [1.165, 1.54) is 48.5 Å². The van der Waals surface area contributed by atoms with Gasteiger partial charge < -0.3 is 4.74 Å². The van der Waals surface area contributed by atoms with Gasteiger partial charge in [0.2, 0.25) is 0 Å². The summed E-state index contributed by atoms with van der Waals surface area (Å²) in [6.07, 6.45) is 1.66. The van der Waals surface area contributed by atoms with Crippen LogP contribution in [0.25, 0.3) is 0 Å². The van der Waals surface area contributed by atoms with Gasteiger partial charge in [0, 0.05) is 34.9 Å².